The number of hydrogen-bond acceptors (Lipinski definition) is 8. The molecule has 0 saturated carbocycles. The fourth-order valence-electron chi connectivity index (χ4n) is 2.80. The van der Waals surface area contributed by atoms with Gasteiger partial charge < -0.3 is 14.6 Å². The number of fused-ring (bicyclic) bond motifs is 1. The number of ether oxygens (including phenoxy) is 2. The van der Waals surface area contributed by atoms with E-state index in [1.807, 2.05) is 0 Å². The molecule has 2 aliphatic heterocycles. The molecule has 2 aromatic rings. The summed E-state index contributed by atoms with van der Waals surface area (Å²) in [5, 5.41) is 20.6. The summed E-state index contributed by atoms with van der Waals surface area (Å²) >= 11 is 6.88. The van der Waals surface area contributed by atoms with Crippen LogP contribution in [0.5, 0.6) is 17.2 Å². The highest BCUT2D eigenvalue weighted by atomic mass is 35.5. The second-order valence-electron chi connectivity index (χ2n) is 6.06. The molecule has 1 saturated heterocycles. The molecule has 0 unspecified atom stereocenters. The number of halogens is 1. The van der Waals surface area contributed by atoms with Crippen molar-refractivity contribution in [2.24, 2.45) is 0 Å². The van der Waals surface area contributed by atoms with Crippen molar-refractivity contribution in [2.45, 2.75) is 6.54 Å². The number of aromatic hydroxyl groups is 1. The predicted molar refractivity (Wildman–Crippen MR) is 104 cm³/mol. The summed E-state index contributed by atoms with van der Waals surface area (Å²) in [6.07, 6.45) is 1.24. The minimum absolute atomic E-state index is 0.0302. The number of hydrogen-bond donors (Lipinski definition) is 1. The predicted octanol–water partition coefficient (Wildman–Crippen LogP) is 3.92. The average Bonchev–Trinajstić information content (AvgIpc) is 3.22. The van der Waals surface area contributed by atoms with Gasteiger partial charge in [-0.15, -0.1) is 0 Å². The third-order valence-corrected chi connectivity index (χ3v) is 5.51. The van der Waals surface area contributed by atoms with Crippen molar-refractivity contribution in [2.75, 3.05) is 6.79 Å². The minimum Gasteiger partial charge on any atom is -0.507 e. The second kappa shape index (κ2) is 7.30. The van der Waals surface area contributed by atoms with Crippen molar-refractivity contribution in [3.05, 3.63) is 61.5 Å². The highest BCUT2D eigenvalue weighted by Gasteiger charge is 2.36. The topological polar surface area (TPSA) is 119 Å². The number of amides is 2. The summed E-state index contributed by atoms with van der Waals surface area (Å²) in [7, 11) is 0. The molecular formula is C18H11ClN2O7S. The lowest BCUT2D eigenvalue weighted by atomic mass is 10.1. The molecule has 2 amide bonds. The van der Waals surface area contributed by atoms with Gasteiger partial charge in [0.25, 0.3) is 16.8 Å². The first-order valence-electron chi connectivity index (χ1n) is 8.14. The molecule has 11 heteroatoms. The summed E-state index contributed by atoms with van der Waals surface area (Å²) < 4.78 is 10.5. The number of nitrogens with zero attached hydrogens (tertiary/aromatic N) is 2. The van der Waals surface area contributed by atoms with Gasteiger partial charge in [-0.1, -0.05) is 11.6 Å². The van der Waals surface area contributed by atoms with Gasteiger partial charge in [-0.05, 0) is 35.5 Å². The van der Waals surface area contributed by atoms with Gasteiger partial charge in [-0.25, -0.2) is 0 Å². The Morgan fingerprint density at radius 2 is 1.97 bits per heavy atom. The maximum atomic E-state index is 12.7. The molecule has 1 fully saturated rings. The van der Waals surface area contributed by atoms with Gasteiger partial charge in [0.15, 0.2) is 11.5 Å². The van der Waals surface area contributed by atoms with Crippen molar-refractivity contribution in [1.82, 2.24) is 4.90 Å². The number of carbonyl (C=O) groups is 2. The number of carbonyl (C=O) groups excluding carboxylic acids is 2. The molecule has 0 spiro atoms. The fraction of sp³-hybridized carbons (Fsp3) is 0.111. The van der Waals surface area contributed by atoms with E-state index < -0.39 is 16.1 Å². The van der Waals surface area contributed by atoms with Crippen LogP contribution < -0.4 is 9.47 Å². The van der Waals surface area contributed by atoms with Crippen molar-refractivity contribution < 1.29 is 29.1 Å². The van der Waals surface area contributed by atoms with E-state index in [-0.39, 0.29) is 35.2 Å². The van der Waals surface area contributed by atoms with E-state index in [2.05, 4.69) is 0 Å². The zero-order valence-electron chi connectivity index (χ0n) is 14.5. The quantitative estimate of drug-likeness (QED) is 0.437. The molecule has 0 aliphatic carbocycles. The molecule has 0 radical (unpaired) electrons. The minimum atomic E-state index is -0.621. The van der Waals surface area contributed by atoms with Crippen LogP contribution in [0.2, 0.25) is 5.02 Å². The highest BCUT2D eigenvalue weighted by Crippen LogP contribution is 2.40. The molecule has 2 heterocycles. The Morgan fingerprint density at radius 1 is 1.24 bits per heavy atom. The number of benzene rings is 2. The molecule has 4 rings (SSSR count). The van der Waals surface area contributed by atoms with Crippen LogP contribution in [0.3, 0.4) is 0 Å². The summed E-state index contributed by atoms with van der Waals surface area (Å²) in [6, 6.07) is 6.57. The SMILES string of the molecule is O=C1S/C(=C\c2cc([N+](=O)[O-])ccc2O)C(=O)N1Cc1cc2c(cc1Cl)OCO2. The zero-order chi connectivity index (χ0) is 20.7. The van der Waals surface area contributed by atoms with Gasteiger partial charge in [0.2, 0.25) is 6.79 Å². The van der Waals surface area contributed by atoms with E-state index in [0.717, 1.165) is 23.1 Å². The Labute approximate surface area is 172 Å². The van der Waals surface area contributed by atoms with Crippen LogP contribution in [0.25, 0.3) is 6.08 Å². The number of phenolic OH excluding ortho intramolecular Hbond substituents is 1. The summed E-state index contributed by atoms with van der Waals surface area (Å²) in [4.78, 5) is 36.4. The Balaban J connectivity index is 1.61. The van der Waals surface area contributed by atoms with Gasteiger partial charge in [0.05, 0.1) is 16.4 Å². The van der Waals surface area contributed by atoms with E-state index in [1.165, 1.54) is 6.08 Å². The number of nitro groups is 1. The molecule has 29 heavy (non-hydrogen) atoms. The average molecular weight is 435 g/mol. The third kappa shape index (κ3) is 3.59. The molecule has 2 aliphatic rings. The number of non-ortho nitro benzene ring substituents is 1. The Hall–Kier alpha value is -3.24. The maximum absolute atomic E-state index is 12.7. The number of rotatable bonds is 4. The number of phenols is 1. The standard InChI is InChI=1S/C18H11ClN2O7S/c19-12-6-15-14(27-8-28-15)4-10(12)7-20-17(23)16(29-18(20)24)5-9-3-11(21(25)26)1-2-13(9)22/h1-6,22H,7-8H2/b16-5-. The van der Waals surface area contributed by atoms with Crippen molar-refractivity contribution in [1.29, 1.82) is 0 Å². The van der Waals surface area contributed by atoms with E-state index in [4.69, 9.17) is 21.1 Å². The van der Waals surface area contributed by atoms with Crippen molar-refractivity contribution in [3.8, 4) is 17.2 Å². The normalized spacial score (nSPS) is 16.7. The van der Waals surface area contributed by atoms with E-state index >= 15 is 0 Å². The Kier molecular flexibility index (Phi) is 4.81. The summed E-state index contributed by atoms with van der Waals surface area (Å²) in [5.41, 5.74) is 0.309. The van der Waals surface area contributed by atoms with Crippen LogP contribution >= 0.6 is 23.4 Å². The smallest absolute Gasteiger partial charge is 0.293 e. The van der Waals surface area contributed by atoms with Gasteiger partial charge in [-0.3, -0.25) is 24.6 Å². The second-order valence-corrected chi connectivity index (χ2v) is 7.47. The lowest BCUT2D eigenvalue weighted by Gasteiger charge is -2.14. The van der Waals surface area contributed by atoms with Gasteiger partial charge in [0.1, 0.15) is 5.75 Å². The van der Waals surface area contributed by atoms with Crippen molar-refractivity contribution in [3.63, 3.8) is 0 Å². The van der Waals surface area contributed by atoms with E-state index in [1.54, 1.807) is 12.1 Å². The molecule has 0 atom stereocenters. The third-order valence-electron chi connectivity index (χ3n) is 4.25. The Morgan fingerprint density at radius 3 is 2.69 bits per heavy atom. The number of imide groups is 1. The largest absolute Gasteiger partial charge is 0.507 e. The number of thioether (sulfide) groups is 1. The molecule has 0 bridgehead atoms. The molecular weight excluding hydrogens is 424 g/mol. The van der Waals surface area contributed by atoms with Crippen LogP contribution in [0, 0.1) is 10.1 Å². The first-order chi connectivity index (χ1) is 13.8. The first-order valence-corrected chi connectivity index (χ1v) is 9.33. The van der Waals surface area contributed by atoms with E-state index in [9.17, 15) is 24.8 Å². The monoisotopic (exact) mass is 434 g/mol. The van der Waals surface area contributed by atoms with Crippen LogP contribution in [-0.4, -0.2) is 32.9 Å². The first kappa shape index (κ1) is 19.1. The molecule has 1 N–H and O–H groups in total. The molecule has 148 valence electrons. The Bertz CT molecular complexity index is 1100. The lowest BCUT2D eigenvalue weighted by Crippen LogP contribution is -2.27. The van der Waals surface area contributed by atoms with E-state index in [0.29, 0.717) is 33.8 Å². The number of nitro benzene ring substituents is 1. The molecule has 0 aromatic heterocycles. The molecule has 2 aromatic carbocycles. The maximum Gasteiger partial charge on any atom is 0.293 e. The van der Waals surface area contributed by atoms with Crippen LogP contribution in [0.1, 0.15) is 11.1 Å². The molecule has 9 nitrogen and oxygen atoms in total. The van der Waals surface area contributed by atoms with Gasteiger partial charge >= 0.3 is 0 Å². The lowest BCUT2D eigenvalue weighted by molar-refractivity contribution is -0.384. The summed E-state index contributed by atoms with van der Waals surface area (Å²) in [6.45, 7) is -0.0233. The van der Waals surface area contributed by atoms with Gasteiger partial charge in [0, 0.05) is 28.8 Å². The fourth-order valence-corrected chi connectivity index (χ4v) is 3.84. The van der Waals surface area contributed by atoms with Crippen LogP contribution in [0.4, 0.5) is 10.5 Å². The van der Waals surface area contributed by atoms with Crippen LogP contribution in [0.15, 0.2) is 35.2 Å². The van der Waals surface area contributed by atoms with Gasteiger partial charge in [-0.2, -0.15) is 0 Å². The summed E-state index contributed by atoms with van der Waals surface area (Å²) in [5.74, 6) is 0.100. The zero-order valence-corrected chi connectivity index (χ0v) is 16.0. The van der Waals surface area contributed by atoms with Crippen molar-refractivity contribution >= 4 is 46.3 Å². The highest BCUT2D eigenvalue weighted by molar-refractivity contribution is 8.18. The van der Waals surface area contributed by atoms with Crippen LogP contribution in [-0.2, 0) is 11.3 Å².